The van der Waals surface area contributed by atoms with Gasteiger partial charge in [-0.25, -0.2) is 5.01 Å². The zero-order chi connectivity index (χ0) is 10.0. The first-order valence-electron chi connectivity index (χ1n) is 4.31. The third kappa shape index (κ3) is 2.18. The van der Waals surface area contributed by atoms with E-state index < -0.39 is 5.97 Å². The third-order valence-corrected chi connectivity index (χ3v) is 1.95. The topological polar surface area (TPSA) is 60.9 Å². The van der Waals surface area contributed by atoms with E-state index in [2.05, 4.69) is 0 Å². The Balaban J connectivity index is 2.64. The van der Waals surface area contributed by atoms with Gasteiger partial charge in [0.2, 0.25) is 5.91 Å². The largest absolute Gasteiger partial charge is 0.480 e. The average Bonchev–Trinajstić information content (AvgIpc) is 2.30. The van der Waals surface area contributed by atoms with Crippen molar-refractivity contribution in [2.45, 2.75) is 26.3 Å². The lowest BCUT2D eigenvalue weighted by Crippen LogP contribution is -2.45. The molecule has 0 spiro atoms. The van der Waals surface area contributed by atoms with Gasteiger partial charge in [-0.2, -0.15) is 0 Å². The lowest BCUT2D eigenvalue weighted by atomic mass is 10.3. The molecule has 74 valence electrons. The van der Waals surface area contributed by atoms with Crippen LogP contribution in [0, 0.1) is 0 Å². The summed E-state index contributed by atoms with van der Waals surface area (Å²) in [6, 6.07) is 0.0364. The molecule has 5 nitrogen and oxygen atoms in total. The minimum Gasteiger partial charge on any atom is -0.480 e. The smallest absolute Gasteiger partial charge is 0.319 e. The molecule has 1 aliphatic heterocycles. The van der Waals surface area contributed by atoms with Crippen LogP contribution in [0.2, 0.25) is 0 Å². The van der Waals surface area contributed by atoms with Gasteiger partial charge in [0.15, 0.2) is 0 Å². The van der Waals surface area contributed by atoms with E-state index in [1.54, 1.807) is 5.01 Å². The van der Waals surface area contributed by atoms with Gasteiger partial charge in [-0.15, -0.1) is 0 Å². The molecule has 1 N–H and O–H groups in total. The maximum Gasteiger partial charge on any atom is 0.319 e. The first-order chi connectivity index (χ1) is 6.02. The van der Waals surface area contributed by atoms with E-state index in [4.69, 9.17) is 5.11 Å². The van der Waals surface area contributed by atoms with Crippen LogP contribution < -0.4 is 0 Å². The molecule has 0 atom stereocenters. The van der Waals surface area contributed by atoms with E-state index in [0.717, 1.165) is 0 Å². The number of carboxylic acid groups (broad SMARTS) is 1. The number of rotatable bonds is 3. The van der Waals surface area contributed by atoms with Gasteiger partial charge >= 0.3 is 5.97 Å². The summed E-state index contributed by atoms with van der Waals surface area (Å²) >= 11 is 0. The summed E-state index contributed by atoms with van der Waals surface area (Å²) in [5, 5.41) is 11.7. The summed E-state index contributed by atoms with van der Waals surface area (Å²) in [7, 11) is 0. The van der Waals surface area contributed by atoms with Crippen LogP contribution in [0.1, 0.15) is 20.3 Å². The Kier molecular flexibility index (Phi) is 2.87. The lowest BCUT2D eigenvalue weighted by Gasteiger charge is -2.29. The molecule has 1 fully saturated rings. The van der Waals surface area contributed by atoms with Gasteiger partial charge in [-0.1, -0.05) is 0 Å². The molecule has 0 aromatic carbocycles. The van der Waals surface area contributed by atoms with Crippen molar-refractivity contribution in [3.63, 3.8) is 0 Å². The van der Waals surface area contributed by atoms with Gasteiger partial charge in [0, 0.05) is 19.0 Å². The zero-order valence-corrected chi connectivity index (χ0v) is 7.86. The van der Waals surface area contributed by atoms with Gasteiger partial charge in [0.05, 0.1) is 0 Å². The van der Waals surface area contributed by atoms with Crippen LogP contribution in [0.4, 0.5) is 0 Å². The van der Waals surface area contributed by atoms with E-state index in [1.165, 1.54) is 5.01 Å². The van der Waals surface area contributed by atoms with Crippen molar-refractivity contribution < 1.29 is 14.7 Å². The van der Waals surface area contributed by atoms with Crippen molar-refractivity contribution in [3.05, 3.63) is 0 Å². The molecule has 1 amide bonds. The second-order valence-electron chi connectivity index (χ2n) is 3.36. The fourth-order valence-electron chi connectivity index (χ4n) is 1.53. The van der Waals surface area contributed by atoms with Gasteiger partial charge in [-0.05, 0) is 13.8 Å². The first-order valence-corrected chi connectivity index (χ1v) is 4.31. The van der Waals surface area contributed by atoms with Crippen LogP contribution in [0.3, 0.4) is 0 Å². The minimum atomic E-state index is -0.902. The van der Waals surface area contributed by atoms with Crippen molar-refractivity contribution >= 4 is 11.9 Å². The number of hydrogen-bond donors (Lipinski definition) is 1. The Morgan fingerprint density at radius 1 is 1.62 bits per heavy atom. The maximum atomic E-state index is 11.3. The standard InChI is InChI=1S/C8H14N2O3/c1-6(2)10-7(11)3-4-9(10)5-8(12)13/h6H,3-5H2,1-2H3,(H,12,13). The van der Waals surface area contributed by atoms with Gasteiger partial charge in [0.25, 0.3) is 0 Å². The molecule has 0 aliphatic carbocycles. The molecule has 1 rings (SSSR count). The number of carbonyl (C=O) groups is 2. The van der Waals surface area contributed by atoms with E-state index in [-0.39, 0.29) is 18.5 Å². The molecule has 1 heterocycles. The van der Waals surface area contributed by atoms with Crippen LogP contribution in [0.15, 0.2) is 0 Å². The van der Waals surface area contributed by atoms with E-state index in [9.17, 15) is 9.59 Å². The highest BCUT2D eigenvalue weighted by molar-refractivity contribution is 5.79. The van der Waals surface area contributed by atoms with E-state index >= 15 is 0 Å². The Morgan fingerprint density at radius 3 is 2.69 bits per heavy atom. The number of carboxylic acids is 1. The molecule has 1 saturated heterocycles. The summed E-state index contributed by atoms with van der Waals surface area (Å²) in [6.07, 6.45) is 0.422. The Morgan fingerprint density at radius 2 is 2.23 bits per heavy atom. The Bertz CT molecular complexity index is 227. The van der Waals surface area contributed by atoms with Crippen LogP contribution in [0.5, 0.6) is 0 Å². The molecule has 0 aromatic heterocycles. The van der Waals surface area contributed by atoms with Gasteiger partial charge in [-0.3, -0.25) is 14.6 Å². The molecule has 0 unspecified atom stereocenters. The fourth-order valence-corrected chi connectivity index (χ4v) is 1.53. The molecule has 1 aliphatic rings. The van der Waals surface area contributed by atoms with E-state index in [0.29, 0.717) is 13.0 Å². The highest BCUT2D eigenvalue weighted by Gasteiger charge is 2.31. The second-order valence-corrected chi connectivity index (χ2v) is 3.36. The Hall–Kier alpha value is -1.10. The fraction of sp³-hybridized carbons (Fsp3) is 0.750. The number of carbonyl (C=O) groups excluding carboxylic acids is 1. The Labute approximate surface area is 76.9 Å². The third-order valence-electron chi connectivity index (χ3n) is 1.95. The molecule has 0 bridgehead atoms. The summed E-state index contributed by atoms with van der Waals surface area (Å²) in [6.45, 7) is 4.17. The molecular weight excluding hydrogens is 172 g/mol. The van der Waals surface area contributed by atoms with Gasteiger partial charge in [0.1, 0.15) is 6.54 Å². The number of hydrazine groups is 1. The van der Waals surface area contributed by atoms with Crippen LogP contribution in [-0.4, -0.2) is 46.1 Å². The van der Waals surface area contributed by atoms with Crippen LogP contribution in [-0.2, 0) is 9.59 Å². The highest BCUT2D eigenvalue weighted by atomic mass is 16.4. The minimum absolute atomic E-state index is 0.0104. The number of nitrogens with zero attached hydrogens (tertiary/aromatic N) is 2. The maximum absolute atomic E-state index is 11.3. The van der Waals surface area contributed by atoms with E-state index in [1.807, 2.05) is 13.8 Å². The van der Waals surface area contributed by atoms with Crippen molar-refractivity contribution in [2.24, 2.45) is 0 Å². The van der Waals surface area contributed by atoms with Crippen molar-refractivity contribution in [3.8, 4) is 0 Å². The average molecular weight is 186 g/mol. The molecule has 0 saturated carbocycles. The van der Waals surface area contributed by atoms with Crippen LogP contribution in [0.25, 0.3) is 0 Å². The van der Waals surface area contributed by atoms with Crippen molar-refractivity contribution in [2.75, 3.05) is 13.1 Å². The number of amides is 1. The molecule has 0 aromatic rings. The van der Waals surface area contributed by atoms with Crippen LogP contribution >= 0.6 is 0 Å². The summed E-state index contributed by atoms with van der Waals surface area (Å²) < 4.78 is 0. The molecule has 5 heteroatoms. The monoisotopic (exact) mass is 186 g/mol. The summed E-state index contributed by atoms with van der Waals surface area (Å²) in [4.78, 5) is 21.7. The molecule has 0 radical (unpaired) electrons. The highest BCUT2D eigenvalue weighted by Crippen LogP contribution is 2.14. The predicted octanol–water partition coefficient (Wildman–Crippen LogP) is -0.0713. The summed E-state index contributed by atoms with van der Waals surface area (Å²) in [5.74, 6) is -0.892. The van der Waals surface area contributed by atoms with Gasteiger partial charge < -0.3 is 5.11 Å². The SMILES string of the molecule is CC(C)N1C(=O)CCN1CC(=O)O. The molecular formula is C8H14N2O3. The number of hydrogen-bond acceptors (Lipinski definition) is 3. The zero-order valence-electron chi connectivity index (χ0n) is 7.86. The first kappa shape index (κ1) is 9.98. The normalized spacial score (nSPS) is 18.7. The quantitative estimate of drug-likeness (QED) is 0.670. The predicted molar refractivity (Wildman–Crippen MR) is 45.8 cm³/mol. The second kappa shape index (κ2) is 3.74. The number of aliphatic carboxylic acids is 1. The summed E-state index contributed by atoms with van der Waals surface area (Å²) in [5.41, 5.74) is 0. The molecule has 13 heavy (non-hydrogen) atoms. The lowest BCUT2D eigenvalue weighted by molar-refractivity contribution is -0.149. The van der Waals surface area contributed by atoms with Crippen molar-refractivity contribution in [1.29, 1.82) is 0 Å². The van der Waals surface area contributed by atoms with Crippen molar-refractivity contribution in [1.82, 2.24) is 10.0 Å².